The van der Waals surface area contributed by atoms with Gasteiger partial charge in [0.15, 0.2) is 0 Å². The lowest BCUT2D eigenvalue weighted by Crippen LogP contribution is -1.74. The lowest BCUT2D eigenvalue weighted by atomic mass is 10.3. The fourth-order valence-electron chi connectivity index (χ4n) is 0.832. The summed E-state index contributed by atoms with van der Waals surface area (Å²) in [5.41, 5.74) is 0.873. The number of fused-ring (bicyclic) bond motifs is 1. The van der Waals surface area contributed by atoms with Gasteiger partial charge in [-0.05, 0) is 6.07 Å². The first-order valence-corrected chi connectivity index (χ1v) is 3.29. The molecule has 1 N–H and O–H groups in total. The van der Waals surface area contributed by atoms with Crippen LogP contribution in [0.3, 0.4) is 0 Å². The highest BCUT2D eigenvalue weighted by Gasteiger charge is 1.94. The second-order valence-electron chi connectivity index (χ2n) is 1.99. The Morgan fingerprint density at radius 2 is 2.40 bits per heavy atom. The molecule has 0 saturated carbocycles. The lowest BCUT2D eigenvalue weighted by Gasteiger charge is -1.86. The quantitative estimate of drug-likeness (QED) is 0.556. The minimum absolute atomic E-state index is 0.717. The zero-order valence-electron chi connectivity index (χ0n) is 5.07. The molecule has 0 unspecified atom stereocenters. The molecule has 50 valence electrons. The molecule has 0 radical (unpaired) electrons. The molecule has 0 atom stereocenters. The number of rotatable bonds is 0. The van der Waals surface area contributed by atoms with Gasteiger partial charge in [-0.1, -0.05) is 0 Å². The van der Waals surface area contributed by atoms with Crippen LogP contribution in [0.4, 0.5) is 0 Å². The fraction of sp³-hybridized carbons (Fsp3) is 0. The van der Waals surface area contributed by atoms with Crippen molar-refractivity contribution in [3.8, 4) is 0 Å². The van der Waals surface area contributed by atoms with Crippen LogP contribution in [0.1, 0.15) is 0 Å². The van der Waals surface area contributed by atoms with Gasteiger partial charge in [0.05, 0.1) is 11.2 Å². The predicted molar refractivity (Wildman–Crippen MR) is 41.1 cm³/mol. The topological polar surface area (TPSA) is 41.6 Å². The number of thiol groups is 1. The van der Waals surface area contributed by atoms with Crippen molar-refractivity contribution in [3.05, 3.63) is 18.5 Å². The van der Waals surface area contributed by atoms with E-state index in [1.54, 1.807) is 6.20 Å². The number of pyridine rings is 1. The molecular weight excluding hydrogens is 146 g/mol. The van der Waals surface area contributed by atoms with Gasteiger partial charge in [0.25, 0.3) is 0 Å². The van der Waals surface area contributed by atoms with E-state index in [9.17, 15) is 0 Å². The van der Waals surface area contributed by atoms with Crippen LogP contribution in [0, 0.1) is 0 Å². The van der Waals surface area contributed by atoms with Crippen LogP contribution in [-0.2, 0) is 0 Å². The minimum atomic E-state index is 0.717. The molecule has 2 aromatic heterocycles. The van der Waals surface area contributed by atoms with E-state index < -0.39 is 0 Å². The second kappa shape index (κ2) is 1.98. The van der Waals surface area contributed by atoms with Crippen molar-refractivity contribution in [2.75, 3.05) is 0 Å². The minimum Gasteiger partial charge on any atom is -0.284 e. The molecule has 0 fully saturated rings. The van der Waals surface area contributed by atoms with Crippen molar-refractivity contribution in [2.45, 2.75) is 5.03 Å². The Labute approximate surface area is 62.9 Å². The summed E-state index contributed by atoms with van der Waals surface area (Å²) in [5, 5.41) is 8.44. The van der Waals surface area contributed by atoms with Gasteiger partial charge < -0.3 is 0 Å². The highest BCUT2D eigenvalue weighted by molar-refractivity contribution is 7.80. The average Bonchev–Trinajstić information content (AvgIpc) is 2.33. The average molecular weight is 151 g/mol. The Hall–Kier alpha value is -1.03. The number of aromatic nitrogens is 3. The first-order chi connectivity index (χ1) is 4.86. The number of H-pyrrole nitrogens is 1. The smallest absolute Gasteiger partial charge is 0.110 e. The summed E-state index contributed by atoms with van der Waals surface area (Å²) in [4.78, 5) is 3.96. The SMILES string of the molecule is Sc1cc2c[nH]nc2cn1. The maximum absolute atomic E-state index is 4.08. The van der Waals surface area contributed by atoms with Crippen molar-refractivity contribution < 1.29 is 0 Å². The van der Waals surface area contributed by atoms with Gasteiger partial charge in [-0.3, -0.25) is 5.10 Å². The maximum Gasteiger partial charge on any atom is 0.110 e. The van der Waals surface area contributed by atoms with Crippen LogP contribution in [0.5, 0.6) is 0 Å². The summed E-state index contributed by atoms with van der Waals surface area (Å²) in [7, 11) is 0. The lowest BCUT2D eigenvalue weighted by molar-refractivity contribution is 1.10. The normalized spacial score (nSPS) is 10.5. The van der Waals surface area contributed by atoms with Crippen molar-refractivity contribution in [2.24, 2.45) is 0 Å². The monoisotopic (exact) mass is 151 g/mol. The number of hydrogen-bond donors (Lipinski definition) is 2. The van der Waals surface area contributed by atoms with Crippen molar-refractivity contribution in [1.82, 2.24) is 15.2 Å². The molecule has 3 nitrogen and oxygen atoms in total. The van der Waals surface area contributed by atoms with E-state index in [1.807, 2.05) is 12.3 Å². The third-order valence-corrected chi connectivity index (χ3v) is 1.55. The predicted octanol–water partition coefficient (Wildman–Crippen LogP) is 1.25. The second-order valence-corrected chi connectivity index (χ2v) is 2.44. The first-order valence-electron chi connectivity index (χ1n) is 2.85. The van der Waals surface area contributed by atoms with Crippen LogP contribution in [0.25, 0.3) is 10.9 Å². The van der Waals surface area contributed by atoms with E-state index >= 15 is 0 Å². The van der Waals surface area contributed by atoms with Gasteiger partial charge >= 0.3 is 0 Å². The molecule has 0 saturated heterocycles. The number of hydrogen-bond acceptors (Lipinski definition) is 3. The summed E-state index contributed by atoms with van der Waals surface area (Å²) < 4.78 is 0. The third-order valence-electron chi connectivity index (χ3n) is 1.30. The van der Waals surface area contributed by atoms with Gasteiger partial charge in [0.2, 0.25) is 0 Å². The zero-order chi connectivity index (χ0) is 6.97. The van der Waals surface area contributed by atoms with Crippen molar-refractivity contribution in [1.29, 1.82) is 0 Å². The Morgan fingerprint density at radius 1 is 1.50 bits per heavy atom. The van der Waals surface area contributed by atoms with Gasteiger partial charge in [-0.2, -0.15) is 5.10 Å². The summed E-state index contributed by atoms with van der Waals surface area (Å²) in [6.07, 6.45) is 3.50. The van der Waals surface area contributed by atoms with E-state index in [1.165, 1.54) is 0 Å². The Morgan fingerprint density at radius 3 is 3.30 bits per heavy atom. The molecule has 0 aliphatic carbocycles. The van der Waals surface area contributed by atoms with Crippen LogP contribution in [-0.4, -0.2) is 15.2 Å². The summed E-state index contributed by atoms with van der Waals surface area (Å²) >= 11 is 4.08. The summed E-state index contributed by atoms with van der Waals surface area (Å²) in [6.45, 7) is 0. The van der Waals surface area contributed by atoms with E-state index in [2.05, 4.69) is 27.8 Å². The van der Waals surface area contributed by atoms with Gasteiger partial charge in [-0.15, -0.1) is 12.6 Å². The summed E-state index contributed by atoms with van der Waals surface area (Å²) in [6, 6.07) is 1.86. The summed E-state index contributed by atoms with van der Waals surface area (Å²) in [5.74, 6) is 0. The largest absolute Gasteiger partial charge is 0.284 e. The van der Waals surface area contributed by atoms with Crippen molar-refractivity contribution in [3.63, 3.8) is 0 Å². The maximum atomic E-state index is 4.08. The molecule has 0 spiro atoms. The molecule has 0 aliphatic rings. The number of nitrogens with one attached hydrogen (secondary N) is 1. The zero-order valence-corrected chi connectivity index (χ0v) is 5.97. The van der Waals surface area contributed by atoms with E-state index in [0.29, 0.717) is 5.03 Å². The first kappa shape index (κ1) is 5.73. The Kier molecular flexibility index (Phi) is 1.14. The number of aromatic amines is 1. The van der Waals surface area contributed by atoms with Crippen LogP contribution < -0.4 is 0 Å². The third kappa shape index (κ3) is 0.769. The molecule has 4 heteroatoms. The fourth-order valence-corrected chi connectivity index (χ4v) is 1.03. The van der Waals surface area contributed by atoms with Crippen LogP contribution >= 0.6 is 12.6 Å². The molecule has 10 heavy (non-hydrogen) atoms. The van der Waals surface area contributed by atoms with E-state index in [-0.39, 0.29) is 0 Å². The van der Waals surface area contributed by atoms with Crippen molar-refractivity contribution >= 4 is 23.5 Å². The highest BCUT2D eigenvalue weighted by Crippen LogP contribution is 2.11. The molecule has 2 heterocycles. The van der Waals surface area contributed by atoms with Gasteiger partial charge in [0, 0.05) is 11.6 Å². The Balaban J connectivity index is 2.86. The van der Waals surface area contributed by atoms with Crippen LogP contribution in [0.15, 0.2) is 23.5 Å². The number of nitrogens with zero attached hydrogens (tertiary/aromatic N) is 2. The Bertz CT molecular complexity index is 355. The molecule has 0 aliphatic heterocycles. The van der Waals surface area contributed by atoms with E-state index in [4.69, 9.17) is 0 Å². The van der Waals surface area contributed by atoms with Gasteiger partial charge in [0.1, 0.15) is 5.52 Å². The molecule has 0 amide bonds. The van der Waals surface area contributed by atoms with Crippen LogP contribution in [0.2, 0.25) is 0 Å². The molecule has 2 aromatic rings. The highest BCUT2D eigenvalue weighted by atomic mass is 32.1. The molecule has 0 bridgehead atoms. The van der Waals surface area contributed by atoms with Gasteiger partial charge in [-0.25, -0.2) is 4.98 Å². The van der Waals surface area contributed by atoms with E-state index in [0.717, 1.165) is 10.9 Å². The molecule has 0 aromatic carbocycles. The molecule has 2 rings (SSSR count). The molecular formula is C6H5N3S. The standard InChI is InChI=1S/C6H5N3S/c10-6-1-4-2-8-9-5(4)3-7-6/h1-3H,(H,7,10)(H,8,9).